The first-order chi connectivity index (χ1) is 11.6. The van der Waals surface area contributed by atoms with Crippen molar-refractivity contribution in [3.8, 4) is 0 Å². The van der Waals surface area contributed by atoms with Gasteiger partial charge in [-0.15, -0.1) is 0 Å². The zero-order valence-electron chi connectivity index (χ0n) is 14.3. The Morgan fingerprint density at radius 1 is 1.33 bits per heavy atom. The molecule has 0 bridgehead atoms. The van der Waals surface area contributed by atoms with E-state index < -0.39 is 0 Å². The summed E-state index contributed by atoms with van der Waals surface area (Å²) in [6.07, 6.45) is 5.28. The van der Waals surface area contributed by atoms with E-state index in [1.807, 2.05) is 34.9 Å². The molecule has 24 heavy (non-hydrogen) atoms. The van der Waals surface area contributed by atoms with Crippen LogP contribution in [0, 0.1) is 5.41 Å². The molecule has 2 aliphatic rings. The number of hydrogen-bond acceptors (Lipinski definition) is 3. The Labute approximate surface area is 143 Å². The Morgan fingerprint density at radius 2 is 2.21 bits per heavy atom. The Morgan fingerprint density at radius 3 is 2.96 bits per heavy atom. The summed E-state index contributed by atoms with van der Waals surface area (Å²) < 4.78 is 0. The molecule has 3 amide bonds. The zero-order chi connectivity index (χ0) is 17.0. The molecule has 3 rings (SSSR count). The number of carbonyl (C=O) groups excluding carboxylic acids is 2. The molecular weight excluding hydrogens is 304 g/mol. The van der Waals surface area contributed by atoms with Crippen molar-refractivity contribution < 1.29 is 9.59 Å². The summed E-state index contributed by atoms with van der Waals surface area (Å²) in [6, 6.07) is 5.80. The second-order valence-corrected chi connectivity index (χ2v) is 6.93. The van der Waals surface area contributed by atoms with Gasteiger partial charge in [0.05, 0.1) is 12.2 Å². The van der Waals surface area contributed by atoms with Crippen LogP contribution in [0.5, 0.6) is 0 Å². The lowest BCUT2D eigenvalue weighted by Crippen LogP contribution is -2.56. The molecule has 1 atom stereocenters. The summed E-state index contributed by atoms with van der Waals surface area (Å²) in [6.45, 7) is 5.41. The van der Waals surface area contributed by atoms with Gasteiger partial charge in [0.2, 0.25) is 5.91 Å². The van der Waals surface area contributed by atoms with Crippen LogP contribution < -0.4 is 5.32 Å². The number of nitrogens with one attached hydrogen (secondary N) is 1. The van der Waals surface area contributed by atoms with Gasteiger partial charge in [0, 0.05) is 44.2 Å². The number of hydrogen-bond donors (Lipinski definition) is 1. The summed E-state index contributed by atoms with van der Waals surface area (Å²) in [7, 11) is 0. The predicted octanol–water partition coefficient (Wildman–Crippen LogP) is 2.02. The van der Waals surface area contributed by atoms with Gasteiger partial charge in [-0.25, -0.2) is 4.79 Å². The van der Waals surface area contributed by atoms with Crippen LogP contribution in [-0.2, 0) is 11.3 Å². The van der Waals surface area contributed by atoms with Gasteiger partial charge in [-0.05, 0) is 38.3 Å². The van der Waals surface area contributed by atoms with Crippen LogP contribution in [0.1, 0.15) is 38.3 Å². The van der Waals surface area contributed by atoms with Gasteiger partial charge in [0.1, 0.15) is 0 Å². The molecule has 2 aliphatic heterocycles. The second-order valence-electron chi connectivity index (χ2n) is 6.93. The number of rotatable bonds is 3. The molecule has 0 aromatic carbocycles. The SMILES string of the molecule is CCNC(=O)N1CCC[C@@]2(CCC(=O)N(Cc3ccccn3)C2)C1. The fraction of sp³-hybridized carbons (Fsp3) is 0.611. The van der Waals surface area contributed by atoms with Gasteiger partial charge in [-0.2, -0.15) is 0 Å². The normalized spacial score (nSPS) is 24.3. The third-order valence-electron chi connectivity index (χ3n) is 5.10. The Balaban J connectivity index is 1.69. The van der Waals surface area contributed by atoms with E-state index in [1.165, 1.54) is 0 Å². The van der Waals surface area contributed by atoms with Crippen LogP contribution in [0.2, 0.25) is 0 Å². The highest BCUT2D eigenvalue weighted by atomic mass is 16.2. The molecule has 0 aliphatic carbocycles. The quantitative estimate of drug-likeness (QED) is 0.922. The van der Waals surface area contributed by atoms with E-state index in [1.54, 1.807) is 6.20 Å². The molecule has 6 nitrogen and oxygen atoms in total. The maximum Gasteiger partial charge on any atom is 0.317 e. The molecule has 0 radical (unpaired) electrons. The number of carbonyl (C=O) groups is 2. The number of likely N-dealkylation sites (tertiary alicyclic amines) is 2. The van der Waals surface area contributed by atoms with Crippen molar-refractivity contribution in [2.75, 3.05) is 26.2 Å². The second kappa shape index (κ2) is 7.20. The van der Waals surface area contributed by atoms with E-state index in [9.17, 15) is 9.59 Å². The number of nitrogens with zero attached hydrogens (tertiary/aromatic N) is 3. The fourth-order valence-corrected chi connectivity index (χ4v) is 3.91. The van der Waals surface area contributed by atoms with Crippen LogP contribution in [-0.4, -0.2) is 52.9 Å². The van der Waals surface area contributed by atoms with Gasteiger partial charge in [0.25, 0.3) is 0 Å². The lowest BCUT2D eigenvalue weighted by atomic mass is 9.73. The summed E-state index contributed by atoms with van der Waals surface area (Å²) in [5, 5.41) is 2.89. The standard InChI is InChI=1S/C18H26N4O2/c1-2-19-17(24)21-11-5-8-18(13-21)9-7-16(23)22(14-18)12-15-6-3-4-10-20-15/h3-4,6,10H,2,5,7-9,11-14H2,1H3,(H,19,24)/t18-/m1/s1. The minimum atomic E-state index is 0.0183. The van der Waals surface area contributed by atoms with E-state index in [0.29, 0.717) is 19.5 Å². The molecule has 2 fully saturated rings. The van der Waals surface area contributed by atoms with Crippen molar-refractivity contribution in [2.24, 2.45) is 5.41 Å². The molecular formula is C18H26N4O2. The minimum Gasteiger partial charge on any atom is -0.338 e. The van der Waals surface area contributed by atoms with Crippen LogP contribution in [0.3, 0.4) is 0 Å². The Bertz CT molecular complexity index is 592. The first kappa shape index (κ1) is 16.7. The lowest BCUT2D eigenvalue weighted by Gasteiger charge is -2.48. The minimum absolute atomic E-state index is 0.0183. The van der Waals surface area contributed by atoms with Crippen molar-refractivity contribution in [1.29, 1.82) is 0 Å². The van der Waals surface area contributed by atoms with E-state index in [-0.39, 0.29) is 17.4 Å². The number of piperidine rings is 2. The third kappa shape index (κ3) is 3.68. The smallest absolute Gasteiger partial charge is 0.317 e. The summed E-state index contributed by atoms with van der Waals surface area (Å²) in [5.74, 6) is 0.196. The largest absolute Gasteiger partial charge is 0.338 e. The maximum absolute atomic E-state index is 12.3. The fourth-order valence-electron chi connectivity index (χ4n) is 3.91. The van der Waals surface area contributed by atoms with E-state index in [0.717, 1.165) is 44.6 Å². The predicted molar refractivity (Wildman–Crippen MR) is 91.2 cm³/mol. The first-order valence-electron chi connectivity index (χ1n) is 8.82. The molecule has 2 saturated heterocycles. The van der Waals surface area contributed by atoms with Crippen molar-refractivity contribution in [3.05, 3.63) is 30.1 Å². The van der Waals surface area contributed by atoms with E-state index in [2.05, 4.69) is 10.3 Å². The van der Waals surface area contributed by atoms with Crippen LogP contribution >= 0.6 is 0 Å². The molecule has 1 aromatic heterocycles. The molecule has 130 valence electrons. The molecule has 0 unspecified atom stereocenters. The van der Waals surface area contributed by atoms with Gasteiger partial charge in [-0.1, -0.05) is 6.07 Å². The highest BCUT2D eigenvalue weighted by Crippen LogP contribution is 2.39. The van der Waals surface area contributed by atoms with Crippen LogP contribution in [0.25, 0.3) is 0 Å². The van der Waals surface area contributed by atoms with Gasteiger partial charge in [0.15, 0.2) is 0 Å². The molecule has 6 heteroatoms. The maximum atomic E-state index is 12.3. The van der Waals surface area contributed by atoms with Crippen molar-refractivity contribution >= 4 is 11.9 Å². The van der Waals surface area contributed by atoms with Crippen LogP contribution in [0.4, 0.5) is 4.79 Å². The van der Waals surface area contributed by atoms with Crippen LogP contribution in [0.15, 0.2) is 24.4 Å². The van der Waals surface area contributed by atoms with Crippen molar-refractivity contribution in [3.63, 3.8) is 0 Å². The van der Waals surface area contributed by atoms with Crippen molar-refractivity contribution in [1.82, 2.24) is 20.1 Å². The lowest BCUT2D eigenvalue weighted by molar-refractivity contribution is -0.139. The number of aromatic nitrogens is 1. The molecule has 0 saturated carbocycles. The number of pyridine rings is 1. The highest BCUT2D eigenvalue weighted by molar-refractivity contribution is 5.77. The highest BCUT2D eigenvalue weighted by Gasteiger charge is 2.42. The monoisotopic (exact) mass is 330 g/mol. The van der Waals surface area contributed by atoms with E-state index >= 15 is 0 Å². The van der Waals surface area contributed by atoms with Gasteiger partial charge in [-0.3, -0.25) is 9.78 Å². The Kier molecular flexibility index (Phi) is 5.02. The summed E-state index contributed by atoms with van der Waals surface area (Å²) in [4.78, 5) is 32.7. The Hall–Kier alpha value is -2.11. The molecule has 3 heterocycles. The number of amides is 3. The first-order valence-corrected chi connectivity index (χ1v) is 8.82. The summed E-state index contributed by atoms with van der Waals surface area (Å²) in [5.41, 5.74) is 0.950. The average molecular weight is 330 g/mol. The van der Waals surface area contributed by atoms with Gasteiger partial charge >= 0.3 is 6.03 Å². The molecule has 1 N–H and O–H groups in total. The topological polar surface area (TPSA) is 65.5 Å². The number of urea groups is 1. The summed E-state index contributed by atoms with van der Waals surface area (Å²) >= 11 is 0. The zero-order valence-corrected chi connectivity index (χ0v) is 14.3. The van der Waals surface area contributed by atoms with Gasteiger partial charge < -0.3 is 15.1 Å². The van der Waals surface area contributed by atoms with Crippen molar-refractivity contribution in [2.45, 2.75) is 39.2 Å². The molecule has 1 spiro atoms. The molecule has 1 aromatic rings. The third-order valence-corrected chi connectivity index (χ3v) is 5.10. The van der Waals surface area contributed by atoms with E-state index in [4.69, 9.17) is 0 Å². The average Bonchev–Trinajstić information content (AvgIpc) is 2.60.